The molecule has 2 aliphatic rings. The molecule has 0 atom stereocenters. The van der Waals surface area contributed by atoms with Crippen molar-refractivity contribution in [2.75, 3.05) is 52.9 Å². The second kappa shape index (κ2) is 6.49. The molecule has 0 saturated carbocycles. The lowest BCUT2D eigenvalue weighted by molar-refractivity contribution is 0.257. The normalized spacial score (nSPS) is 26.4. The van der Waals surface area contributed by atoms with E-state index in [9.17, 15) is 8.42 Å². The highest BCUT2D eigenvalue weighted by Gasteiger charge is 2.33. The fourth-order valence-electron chi connectivity index (χ4n) is 2.79. The van der Waals surface area contributed by atoms with Gasteiger partial charge in [0.15, 0.2) is 0 Å². The van der Waals surface area contributed by atoms with Gasteiger partial charge in [0.05, 0.1) is 0 Å². The topological polar surface area (TPSA) is 69.9 Å². The Hall–Kier alpha value is -0.210. The van der Waals surface area contributed by atoms with Crippen molar-refractivity contribution in [2.45, 2.75) is 19.3 Å². The molecule has 6 nitrogen and oxygen atoms in total. The average Bonchev–Trinajstić information content (AvgIpc) is 2.64. The zero-order valence-electron chi connectivity index (χ0n) is 11.8. The summed E-state index contributed by atoms with van der Waals surface area (Å²) in [5, 5.41) is 0. The molecule has 2 aliphatic heterocycles. The predicted octanol–water partition coefficient (Wildman–Crippen LogP) is -0.461. The molecule has 2 fully saturated rings. The van der Waals surface area contributed by atoms with Crippen LogP contribution in [0.4, 0.5) is 0 Å². The number of piperidine rings is 1. The van der Waals surface area contributed by atoms with Crippen LogP contribution in [0, 0.1) is 5.92 Å². The minimum Gasteiger partial charge on any atom is -0.330 e. The monoisotopic (exact) mass is 290 g/mol. The summed E-state index contributed by atoms with van der Waals surface area (Å²) in [7, 11) is -1.22. The molecule has 0 aromatic rings. The van der Waals surface area contributed by atoms with Crippen molar-refractivity contribution in [3.8, 4) is 0 Å². The van der Waals surface area contributed by atoms with Crippen LogP contribution in [-0.4, -0.2) is 74.8 Å². The molecule has 0 radical (unpaired) electrons. The Kier molecular flexibility index (Phi) is 5.19. The Morgan fingerprint density at radius 1 is 1.00 bits per heavy atom. The van der Waals surface area contributed by atoms with E-state index in [4.69, 9.17) is 5.73 Å². The molecule has 0 spiro atoms. The van der Waals surface area contributed by atoms with Crippen LogP contribution in [0.3, 0.4) is 0 Å². The third kappa shape index (κ3) is 3.66. The molecule has 0 aromatic heterocycles. The van der Waals surface area contributed by atoms with Crippen molar-refractivity contribution < 1.29 is 8.42 Å². The van der Waals surface area contributed by atoms with Gasteiger partial charge >= 0.3 is 0 Å². The lowest BCUT2D eigenvalue weighted by Gasteiger charge is -2.34. The van der Waals surface area contributed by atoms with Gasteiger partial charge in [-0.3, -0.25) is 0 Å². The van der Waals surface area contributed by atoms with Crippen molar-refractivity contribution in [3.63, 3.8) is 0 Å². The third-order valence-electron chi connectivity index (χ3n) is 4.24. The first-order valence-corrected chi connectivity index (χ1v) is 8.57. The van der Waals surface area contributed by atoms with Crippen LogP contribution in [-0.2, 0) is 10.2 Å². The van der Waals surface area contributed by atoms with Gasteiger partial charge in [0, 0.05) is 32.7 Å². The van der Waals surface area contributed by atoms with Crippen LogP contribution >= 0.6 is 0 Å². The van der Waals surface area contributed by atoms with E-state index in [-0.39, 0.29) is 0 Å². The van der Waals surface area contributed by atoms with Crippen molar-refractivity contribution in [2.24, 2.45) is 11.7 Å². The summed E-state index contributed by atoms with van der Waals surface area (Å²) in [4.78, 5) is 2.19. The molecule has 0 aromatic carbocycles. The Bertz CT molecular complexity index is 379. The summed E-state index contributed by atoms with van der Waals surface area (Å²) in [6.07, 6.45) is 2.70. The Balaban J connectivity index is 1.97. The van der Waals surface area contributed by atoms with Crippen LogP contribution < -0.4 is 5.73 Å². The summed E-state index contributed by atoms with van der Waals surface area (Å²) in [5.41, 5.74) is 5.65. The summed E-state index contributed by atoms with van der Waals surface area (Å²) in [6, 6.07) is 0. The number of hydrogen-bond donors (Lipinski definition) is 1. The minimum atomic E-state index is -3.26. The molecule has 2 N–H and O–H groups in total. The maximum Gasteiger partial charge on any atom is 0.282 e. The molecule has 0 aliphatic carbocycles. The Labute approximate surface area is 116 Å². The van der Waals surface area contributed by atoms with Gasteiger partial charge in [0.1, 0.15) is 0 Å². The number of likely N-dealkylation sites (N-methyl/N-ethyl adjacent to an activating group) is 1. The van der Waals surface area contributed by atoms with E-state index in [0.29, 0.717) is 38.6 Å². The van der Waals surface area contributed by atoms with Gasteiger partial charge in [-0.15, -0.1) is 0 Å². The highest BCUT2D eigenvalue weighted by Crippen LogP contribution is 2.21. The molecule has 2 rings (SSSR count). The maximum atomic E-state index is 12.6. The highest BCUT2D eigenvalue weighted by molar-refractivity contribution is 7.86. The van der Waals surface area contributed by atoms with E-state index in [1.165, 1.54) is 0 Å². The van der Waals surface area contributed by atoms with Crippen LogP contribution in [0.1, 0.15) is 19.3 Å². The first-order valence-electron chi connectivity index (χ1n) is 7.18. The molecule has 19 heavy (non-hydrogen) atoms. The van der Waals surface area contributed by atoms with Gasteiger partial charge in [-0.1, -0.05) is 0 Å². The van der Waals surface area contributed by atoms with Crippen LogP contribution in [0.25, 0.3) is 0 Å². The number of rotatable bonds is 3. The first-order chi connectivity index (χ1) is 9.04. The lowest BCUT2D eigenvalue weighted by atomic mass is 9.99. The van der Waals surface area contributed by atoms with E-state index in [0.717, 1.165) is 32.4 Å². The predicted molar refractivity (Wildman–Crippen MR) is 76.0 cm³/mol. The first kappa shape index (κ1) is 15.2. The SMILES string of the molecule is CN1CCCN(S(=O)(=O)N2CCC(CN)CC2)CC1. The van der Waals surface area contributed by atoms with Crippen LogP contribution in [0.15, 0.2) is 0 Å². The lowest BCUT2D eigenvalue weighted by Crippen LogP contribution is -2.48. The molecule has 2 saturated heterocycles. The fraction of sp³-hybridized carbons (Fsp3) is 1.00. The third-order valence-corrected chi connectivity index (χ3v) is 6.27. The molecule has 7 heteroatoms. The van der Waals surface area contributed by atoms with Crippen LogP contribution in [0.5, 0.6) is 0 Å². The van der Waals surface area contributed by atoms with E-state index in [1.807, 2.05) is 7.05 Å². The molecular formula is C12H26N4O2S. The summed E-state index contributed by atoms with van der Waals surface area (Å²) in [5.74, 6) is 0.488. The zero-order chi connectivity index (χ0) is 13.9. The average molecular weight is 290 g/mol. The molecule has 0 amide bonds. The van der Waals surface area contributed by atoms with E-state index in [1.54, 1.807) is 8.61 Å². The largest absolute Gasteiger partial charge is 0.330 e. The van der Waals surface area contributed by atoms with Gasteiger partial charge in [-0.2, -0.15) is 17.0 Å². The number of nitrogens with zero attached hydrogens (tertiary/aromatic N) is 3. The Morgan fingerprint density at radius 2 is 1.63 bits per heavy atom. The highest BCUT2D eigenvalue weighted by atomic mass is 32.2. The summed E-state index contributed by atoms with van der Waals surface area (Å²) in [6.45, 7) is 4.95. The van der Waals surface area contributed by atoms with Gasteiger partial charge < -0.3 is 10.6 Å². The smallest absolute Gasteiger partial charge is 0.282 e. The van der Waals surface area contributed by atoms with Gasteiger partial charge in [-0.25, -0.2) is 0 Å². The van der Waals surface area contributed by atoms with E-state index in [2.05, 4.69) is 4.90 Å². The van der Waals surface area contributed by atoms with Crippen molar-refractivity contribution in [1.29, 1.82) is 0 Å². The van der Waals surface area contributed by atoms with Crippen molar-refractivity contribution in [3.05, 3.63) is 0 Å². The summed E-state index contributed by atoms with van der Waals surface area (Å²) >= 11 is 0. The minimum absolute atomic E-state index is 0.488. The molecule has 112 valence electrons. The van der Waals surface area contributed by atoms with Gasteiger partial charge in [-0.05, 0) is 45.3 Å². The van der Waals surface area contributed by atoms with Crippen LogP contribution in [0.2, 0.25) is 0 Å². The number of hydrogen-bond acceptors (Lipinski definition) is 4. The van der Waals surface area contributed by atoms with E-state index < -0.39 is 10.2 Å². The van der Waals surface area contributed by atoms with Crippen molar-refractivity contribution in [1.82, 2.24) is 13.5 Å². The van der Waals surface area contributed by atoms with Crippen molar-refractivity contribution >= 4 is 10.2 Å². The maximum absolute atomic E-state index is 12.6. The second-order valence-corrected chi connectivity index (χ2v) is 7.57. The quantitative estimate of drug-likeness (QED) is 0.763. The summed E-state index contributed by atoms with van der Waals surface area (Å²) < 4.78 is 28.5. The standard InChI is InChI=1S/C12H26N4O2S/c1-14-5-2-6-15(10-9-14)19(17,18)16-7-3-12(11-13)4-8-16/h12H,2-11,13H2,1H3. The number of nitrogens with two attached hydrogens (primary N) is 1. The van der Waals surface area contributed by atoms with Gasteiger partial charge in [0.2, 0.25) is 0 Å². The fourth-order valence-corrected chi connectivity index (χ4v) is 4.46. The molecule has 2 heterocycles. The van der Waals surface area contributed by atoms with Gasteiger partial charge in [0.25, 0.3) is 10.2 Å². The Morgan fingerprint density at radius 3 is 2.26 bits per heavy atom. The molecule has 0 bridgehead atoms. The molecule has 0 unspecified atom stereocenters. The second-order valence-electron chi connectivity index (χ2n) is 5.64. The van der Waals surface area contributed by atoms with E-state index >= 15 is 0 Å². The zero-order valence-corrected chi connectivity index (χ0v) is 12.6. The molecular weight excluding hydrogens is 264 g/mol.